The summed E-state index contributed by atoms with van der Waals surface area (Å²) in [6.45, 7) is 1.62. The quantitative estimate of drug-likeness (QED) is 0.690. The number of aliphatic hydroxyl groups is 1. The number of H-pyrrole nitrogens is 1. The van der Waals surface area contributed by atoms with Crippen molar-refractivity contribution < 1.29 is 9.90 Å². The Kier molecular flexibility index (Phi) is 4.76. The molecule has 2 aromatic carbocycles. The van der Waals surface area contributed by atoms with Crippen molar-refractivity contribution in [2.45, 2.75) is 19.3 Å². The summed E-state index contributed by atoms with van der Waals surface area (Å²) in [6.07, 6.45) is 5.21. The summed E-state index contributed by atoms with van der Waals surface area (Å²) < 4.78 is 0. The highest BCUT2D eigenvalue weighted by Crippen LogP contribution is 2.29. The fourth-order valence-corrected chi connectivity index (χ4v) is 3.96. The lowest BCUT2D eigenvalue weighted by Crippen LogP contribution is -2.34. The second-order valence-electron chi connectivity index (χ2n) is 7.13. The van der Waals surface area contributed by atoms with Gasteiger partial charge in [-0.1, -0.05) is 30.3 Å². The number of fused-ring (bicyclic) bond motifs is 1. The largest absolute Gasteiger partial charge is 0.388 e. The molecule has 1 aromatic heterocycles. The van der Waals surface area contributed by atoms with Crippen molar-refractivity contribution in [2.24, 2.45) is 5.92 Å². The van der Waals surface area contributed by atoms with Gasteiger partial charge in [0.2, 0.25) is 0 Å². The van der Waals surface area contributed by atoms with E-state index in [-0.39, 0.29) is 5.78 Å². The predicted molar refractivity (Wildman–Crippen MR) is 105 cm³/mol. The van der Waals surface area contributed by atoms with Gasteiger partial charge < -0.3 is 15.0 Å². The Morgan fingerprint density at radius 2 is 1.88 bits per heavy atom. The van der Waals surface area contributed by atoms with E-state index in [0.717, 1.165) is 42.0 Å². The first-order valence-electron chi connectivity index (χ1n) is 9.28. The molecule has 1 aliphatic rings. The summed E-state index contributed by atoms with van der Waals surface area (Å²) in [6, 6.07) is 16.9. The van der Waals surface area contributed by atoms with Gasteiger partial charge >= 0.3 is 0 Å². The predicted octanol–water partition coefficient (Wildman–Crippen LogP) is 3.80. The molecule has 4 rings (SSSR count). The van der Waals surface area contributed by atoms with Crippen LogP contribution in [0.2, 0.25) is 0 Å². The zero-order valence-corrected chi connectivity index (χ0v) is 14.8. The van der Waals surface area contributed by atoms with E-state index in [1.807, 2.05) is 6.07 Å². The molecule has 0 aliphatic carbocycles. The molecule has 0 spiro atoms. The van der Waals surface area contributed by atoms with Crippen LogP contribution in [-0.4, -0.2) is 35.6 Å². The Balaban J connectivity index is 1.46. The van der Waals surface area contributed by atoms with Crippen molar-refractivity contribution in [3.63, 3.8) is 0 Å². The molecule has 1 fully saturated rings. The zero-order chi connectivity index (χ0) is 17.9. The lowest BCUT2D eigenvalue weighted by atomic mass is 9.90. The number of ketones is 1. The number of hydrogen-bond acceptors (Lipinski definition) is 3. The van der Waals surface area contributed by atoms with Gasteiger partial charge in [-0.3, -0.25) is 4.79 Å². The van der Waals surface area contributed by atoms with Crippen LogP contribution in [0.1, 0.15) is 28.8 Å². The van der Waals surface area contributed by atoms with Crippen LogP contribution >= 0.6 is 0 Å². The molecule has 1 aliphatic heterocycles. The van der Waals surface area contributed by atoms with Crippen molar-refractivity contribution in [2.75, 3.05) is 24.6 Å². The number of Topliss-reactive ketones (excluding diaryl/α,β-unsaturated/α-hetero) is 1. The number of aromatic nitrogens is 1. The van der Waals surface area contributed by atoms with E-state index in [2.05, 4.69) is 52.3 Å². The minimum Gasteiger partial charge on any atom is -0.388 e. The first-order chi connectivity index (χ1) is 12.7. The molecule has 1 saturated heterocycles. The second-order valence-corrected chi connectivity index (χ2v) is 7.13. The summed E-state index contributed by atoms with van der Waals surface area (Å²) >= 11 is 0. The maximum absolute atomic E-state index is 11.9. The fraction of sp³-hybridized carbons (Fsp3) is 0.318. The molecule has 0 amide bonds. The summed E-state index contributed by atoms with van der Waals surface area (Å²) in [5.41, 5.74) is 4.09. The summed E-state index contributed by atoms with van der Waals surface area (Å²) in [5, 5.41) is 10.1. The molecule has 0 radical (unpaired) electrons. The van der Waals surface area contributed by atoms with Gasteiger partial charge in [0.15, 0.2) is 5.78 Å². The first kappa shape index (κ1) is 16.9. The topological polar surface area (TPSA) is 56.3 Å². The lowest BCUT2D eigenvalue weighted by Gasteiger charge is -2.33. The maximum Gasteiger partial charge on any atom is 0.190 e. The Morgan fingerprint density at radius 3 is 2.62 bits per heavy atom. The van der Waals surface area contributed by atoms with Gasteiger partial charge in [0.05, 0.1) is 0 Å². The van der Waals surface area contributed by atoms with Crippen molar-refractivity contribution in [3.05, 3.63) is 65.9 Å². The standard InChI is InChI=1S/C22H24N2O2/c25-15-22(26)20-14-23-21-7-6-18(13-19(20)21)24-10-8-17(9-11-24)12-16-4-2-1-3-5-16/h1-7,13-14,17,23,25H,8-12,15H2. The van der Waals surface area contributed by atoms with Crippen molar-refractivity contribution >= 4 is 22.4 Å². The van der Waals surface area contributed by atoms with Gasteiger partial charge in [-0.05, 0) is 48.9 Å². The average Bonchev–Trinajstić information content (AvgIpc) is 3.12. The molecule has 2 N–H and O–H groups in total. The number of carbonyl (C=O) groups is 1. The number of anilines is 1. The summed E-state index contributed by atoms with van der Waals surface area (Å²) in [7, 11) is 0. The number of piperidine rings is 1. The van der Waals surface area contributed by atoms with Gasteiger partial charge in [0.1, 0.15) is 6.61 Å². The Bertz CT molecular complexity index is 893. The zero-order valence-electron chi connectivity index (χ0n) is 14.8. The number of aromatic amines is 1. The summed E-state index contributed by atoms with van der Waals surface area (Å²) in [5.74, 6) is 0.492. The number of carbonyl (C=O) groups excluding carboxylic acids is 1. The number of aliphatic hydroxyl groups excluding tert-OH is 1. The number of hydrogen-bond donors (Lipinski definition) is 2. The molecule has 0 saturated carbocycles. The van der Waals surface area contributed by atoms with Crippen LogP contribution < -0.4 is 4.90 Å². The van der Waals surface area contributed by atoms with Crippen molar-refractivity contribution in [1.82, 2.24) is 4.98 Å². The van der Waals surface area contributed by atoms with E-state index < -0.39 is 6.61 Å². The van der Waals surface area contributed by atoms with E-state index >= 15 is 0 Å². The third kappa shape index (κ3) is 3.37. The monoisotopic (exact) mass is 348 g/mol. The summed E-state index contributed by atoms with van der Waals surface area (Å²) in [4.78, 5) is 17.4. The van der Waals surface area contributed by atoms with Crippen LogP contribution in [0.15, 0.2) is 54.7 Å². The average molecular weight is 348 g/mol. The second kappa shape index (κ2) is 7.34. The molecule has 134 valence electrons. The highest BCUT2D eigenvalue weighted by molar-refractivity contribution is 6.09. The smallest absolute Gasteiger partial charge is 0.190 e. The SMILES string of the molecule is O=C(CO)c1c[nH]c2ccc(N3CCC(Cc4ccccc4)CC3)cc12. The van der Waals surface area contributed by atoms with Gasteiger partial charge in [0, 0.05) is 41.4 Å². The Morgan fingerprint density at radius 1 is 1.12 bits per heavy atom. The molecule has 0 bridgehead atoms. The number of nitrogens with zero attached hydrogens (tertiary/aromatic N) is 1. The minimum atomic E-state index is -0.456. The van der Waals surface area contributed by atoms with Crippen molar-refractivity contribution in [3.8, 4) is 0 Å². The fourth-order valence-electron chi connectivity index (χ4n) is 3.96. The molecule has 0 unspecified atom stereocenters. The first-order valence-corrected chi connectivity index (χ1v) is 9.28. The highest BCUT2D eigenvalue weighted by Gasteiger charge is 2.20. The van der Waals surface area contributed by atoms with Crippen LogP contribution in [0.25, 0.3) is 10.9 Å². The lowest BCUT2D eigenvalue weighted by molar-refractivity contribution is 0.0905. The third-order valence-electron chi connectivity index (χ3n) is 5.46. The molecule has 4 heteroatoms. The van der Waals surface area contributed by atoms with Crippen LogP contribution in [0.5, 0.6) is 0 Å². The maximum atomic E-state index is 11.9. The van der Waals surface area contributed by atoms with Crippen LogP contribution in [0.3, 0.4) is 0 Å². The van der Waals surface area contributed by atoms with E-state index in [1.165, 1.54) is 18.4 Å². The van der Waals surface area contributed by atoms with Crippen LogP contribution in [0, 0.1) is 5.92 Å². The van der Waals surface area contributed by atoms with Crippen molar-refractivity contribution in [1.29, 1.82) is 0 Å². The molecule has 2 heterocycles. The van der Waals surface area contributed by atoms with E-state index in [1.54, 1.807) is 6.20 Å². The normalized spacial score (nSPS) is 15.5. The number of nitrogens with one attached hydrogen (secondary N) is 1. The van der Waals surface area contributed by atoms with Gasteiger partial charge in [-0.25, -0.2) is 0 Å². The minimum absolute atomic E-state index is 0.241. The molecule has 3 aromatic rings. The number of rotatable bonds is 5. The molecule has 26 heavy (non-hydrogen) atoms. The van der Waals surface area contributed by atoms with Gasteiger partial charge in [-0.2, -0.15) is 0 Å². The van der Waals surface area contributed by atoms with Crippen LogP contribution in [0.4, 0.5) is 5.69 Å². The Hall–Kier alpha value is -2.59. The Labute approximate surface area is 153 Å². The highest BCUT2D eigenvalue weighted by atomic mass is 16.3. The molecule has 4 nitrogen and oxygen atoms in total. The molecular formula is C22H24N2O2. The van der Waals surface area contributed by atoms with Gasteiger partial charge in [0.25, 0.3) is 0 Å². The molecule has 0 atom stereocenters. The van der Waals surface area contributed by atoms with E-state index in [9.17, 15) is 4.79 Å². The van der Waals surface area contributed by atoms with Crippen LogP contribution in [-0.2, 0) is 6.42 Å². The third-order valence-corrected chi connectivity index (χ3v) is 5.46. The van der Waals surface area contributed by atoms with Gasteiger partial charge in [-0.15, -0.1) is 0 Å². The van der Waals surface area contributed by atoms with E-state index in [0.29, 0.717) is 5.56 Å². The molecular weight excluding hydrogens is 324 g/mol. The number of benzene rings is 2. The van der Waals surface area contributed by atoms with E-state index in [4.69, 9.17) is 5.11 Å².